The van der Waals surface area contributed by atoms with Gasteiger partial charge in [0.15, 0.2) is 17.7 Å². The van der Waals surface area contributed by atoms with Gasteiger partial charge < -0.3 is 31.0 Å². The second-order valence-corrected chi connectivity index (χ2v) is 4.88. The summed E-state index contributed by atoms with van der Waals surface area (Å²) in [5, 5.41) is 34.1. The maximum atomic E-state index is 13.1. The summed E-state index contributed by atoms with van der Waals surface area (Å²) in [6.45, 7) is 1.91. The molecule has 0 spiro atoms. The summed E-state index contributed by atoms with van der Waals surface area (Å²) in [5.41, 5.74) is 3.95. The number of rotatable bonds is 6. The van der Waals surface area contributed by atoms with E-state index in [1.54, 1.807) is 0 Å². The molecule has 1 unspecified atom stereocenters. The highest BCUT2D eigenvalue weighted by Gasteiger charge is 2.24. The number of quaternary nitrogens is 1. The molecule has 24 heavy (non-hydrogen) atoms. The predicted molar refractivity (Wildman–Crippen MR) is 71.6 cm³/mol. The standard InChI is InChI=1S/C10H12F3N.C4H6O6/c1-2-7(14)3-6-4-9(12)10(13)5-8(6)11;5-1(3(7)8)2(6)4(9)10/h4-5,7H,2-3,14H2,1H3;1-2,5-6H,(H,7,8)(H,9,10)/t;1-,2-/m.1/s1. The van der Waals surface area contributed by atoms with Crippen LogP contribution in [0.5, 0.6) is 0 Å². The largest absolute Gasteiger partial charge is 0.547 e. The van der Waals surface area contributed by atoms with E-state index in [1.165, 1.54) is 0 Å². The van der Waals surface area contributed by atoms with Gasteiger partial charge in [-0.1, -0.05) is 6.92 Å². The Kier molecular flexibility index (Phi) is 8.96. The normalized spacial score (nSPS) is 14.1. The quantitative estimate of drug-likeness (QED) is 0.444. The third kappa shape index (κ3) is 6.94. The molecule has 0 heterocycles. The number of halogens is 3. The summed E-state index contributed by atoms with van der Waals surface area (Å²) in [6.07, 6.45) is -3.60. The van der Waals surface area contributed by atoms with E-state index in [0.717, 1.165) is 12.5 Å². The van der Waals surface area contributed by atoms with Crippen LogP contribution < -0.4 is 10.8 Å². The van der Waals surface area contributed by atoms with Crippen LogP contribution in [0.3, 0.4) is 0 Å². The van der Waals surface area contributed by atoms with Crippen molar-refractivity contribution in [2.75, 3.05) is 0 Å². The van der Waals surface area contributed by atoms with Crippen molar-refractivity contribution in [3.8, 4) is 0 Å². The minimum Gasteiger partial charge on any atom is -0.547 e. The third-order valence-electron chi connectivity index (χ3n) is 2.97. The number of carbonyl (C=O) groups is 2. The summed E-state index contributed by atoms with van der Waals surface area (Å²) in [5.74, 6) is -6.69. The van der Waals surface area contributed by atoms with Crippen molar-refractivity contribution in [3.05, 3.63) is 35.1 Å². The van der Waals surface area contributed by atoms with Crippen molar-refractivity contribution in [2.24, 2.45) is 0 Å². The molecule has 0 aliphatic heterocycles. The molecule has 0 saturated heterocycles. The predicted octanol–water partition coefficient (Wildman–Crippen LogP) is -1.79. The summed E-state index contributed by atoms with van der Waals surface area (Å²) < 4.78 is 38.4. The Morgan fingerprint density at radius 2 is 1.62 bits per heavy atom. The van der Waals surface area contributed by atoms with E-state index < -0.39 is 41.6 Å². The zero-order valence-electron chi connectivity index (χ0n) is 12.7. The molecular formula is C14H18F3NO6. The second-order valence-electron chi connectivity index (χ2n) is 4.88. The average molecular weight is 353 g/mol. The van der Waals surface area contributed by atoms with E-state index in [0.29, 0.717) is 12.5 Å². The van der Waals surface area contributed by atoms with Crippen LogP contribution in [0.2, 0.25) is 0 Å². The fraction of sp³-hybridized carbons (Fsp3) is 0.429. The summed E-state index contributed by atoms with van der Waals surface area (Å²) in [6, 6.07) is 1.50. The molecule has 136 valence electrons. The SMILES string of the molecule is CCC([NH3+])Cc1cc(F)c(F)cc1F.O=C([O-])[C@H](O)[C@@H](O)C(=O)O. The van der Waals surface area contributed by atoms with Crippen molar-refractivity contribution < 1.29 is 48.9 Å². The second kappa shape index (κ2) is 9.85. The molecule has 3 atom stereocenters. The first-order valence-electron chi connectivity index (χ1n) is 6.77. The number of aliphatic hydroxyl groups is 2. The van der Waals surface area contributed by atoms with Crippen molar-refractivity contribution in [1.29, 1.82) is 0 Å². The number of carboxylic acid groups (broad SMARTS) is 2. The van der Waals surface area contributed by atoms with Gasteiger partial charge in [0.05, 0.1) is 12.0 Å². The van der Waals surface area contributed by atoms with Gasteiger partial charge in [0.25, 0.3) is 0 Å². The highest BCUT2D eigenvalue weighted by atomic mass is 19.2. The highest BCUT2D eigenvalue weighted by Crippen LogP contribution is 2.15. The number of hydrogen-bond donors (Lipinski definition) is 4. The molecule has 7 nitrogen and oxygen atoms in total. The average Bonchev–Trinajstić information content (AvgIpc) is 2.51. The Bertz CT molecular complexity index is 566. The highest BCUT2D eigenvalue weighted by molar-refractivity contribution is 5.82. The lowest BCUT2D eigenvalue weighted by atomic mass is 10.0. The van der Waals surface area contributed by atoms with Crippen LogP contribution >= 0.6 is 0 Å². The molecule has 1 aromatic carbocycles. The fourth-order valence-corrected chi connectivity index (χ4v) is 1.44. The van der Waals surface area contributed by atoms with Gasteiger partial charge >= 0.3 is 5.97 Å². The Morgan fingerprint density at radius 3 is 2.00 bits per heavy atom. The Hall–Kier alpha value is -2.17. The molecular weight excluding hydrogens is 335 g/mol. The smallest absolute Gasteiger partial charge is 0.335 e. The lowest BCUT2D eigenvalue weighted by molar-refractivity contribution is -0.419. The van der Waals surface area contributed by atoms with E-state index in [-0.39, 0.29) is 11.6 Å². The number of carbonyl (C=O) groups excluding carboxylic acids is 1. The molecule has 1 rings (SSSR count). The first-order chi connectivity index (χ1) is 11.0. The lowest BCUT2D eigenvalue weighted by Gasteiger charge is -2.13. The number of hydrogen-bond acceptors (Lipinski definition) is 5. The van der Waals surface area contributed by atoms with Gasteiger partial charge in [-0.05, 0) is 18.1 Å². The van der Waals surface area contributed by atoms with Crippen LogP contribution in [0.15, 0.2) is 12.1 Å². The molecule has 0 aliphatic carbocycles. The minimum atomic E-state index is -2.38. The van der Waals surface area contributed by atoms with Crippen LogP contribution in [0.1, 0.15) is 18.9 Å². The van der Waals surface area contributed by atoms with Gasteiger partial charge in [-0.15, -0.1) is 0 Å². The summed E-state index contributed by atoms with van der Waals surface area (Å²) >= 11 is 0. The van der Waals surface area contributed by atoms with Crippen LogP contribution in [0.25, 0.3) is 0 Å². The molecule has 0 aliphatic rings. The van der Waals surface area contributed by atoms with Gasteiger partial charge in [-0.3, -0.25) is 0 Å². The van der Waals surface area contributed by atoms with Crippen LogP contribution in [-0.4, -0.2) is 45.5 Å². The van der Waals surface area contributed by atoms with Gasteiger partial charge in [-0.25, -0.2) is 18.0 Å². The number of aliphatic hydroxyl groups excluding tert-OH is 2. The molecule has 0 saturated carbocycles. The number of benzene rings is 1. The topological polar surface area (TPSA) is 146 Å². The van der Waals surface area contributed by atoms with E-state index in [1.807, 2.05) is 6.92 Å². The molecule has 0 fully saturated rings. The van der Waals surface area contributed by atoms with Gasteiger partial charge in [-0.2, -0.15) is 0 Å². The van der Waals surface area contributed by atoms with Gasteiger partial charge in [0.2, 0.25) is 0 Å². The van der Waals surface area contributed by atoms with Crippen LogP contribution in [0, 0.1) is 17.5 Å². The third-order valence-corrected chi connectivity index (χ3v) is 2.97. The van der Waals surface area contributed by atoms with E-state index in [9.17, 15) is 27.9 Å². The zero-order chi connectivity index (χ0) is 19.0. The molecule has 10 heteroatoms. The van der Waals surface area contributed by atoms with Crippen molar-refractivity contribution in [2.45, 2.75) is 38.0 Å². The number of aliphatic carboxylic acids is 2. The maximum absolute atomic E-state index is 13.1. The Morgan fingerprint density at radius 1 is 1.12 bits per heavy atom. The molecule has 1 aromatic rings. The Labute approximate surface area is 135 Å². The fourth-order valence-electron chi connectivity index (χ4n) is 1.44. The monoisotopic (exact) mass is 353 g/mol. The molecule has 0 aromatic heterocycles. The zero-order valence-corrected chi connectivity index (χ0v) is 12.7. The summed E-state index contributed by atoms with van der Waals surface area (Å²) in [4.78, 5) is 19.4. The van der Waals surface area contributed by atoms with Crippen LogP contribution in [0.4, 0.5) is 13.2 Å². The van der Waals surface area contributed by atoms with E-state index in [2.05, 4.69) is 5.73 Å². The van der Waals surface area contributed by atoms with Crippen molar-refractivity contribution in [1.82, 2.24) is 0 Å². The Balaban J connectivity index is 0.000000470. The minimum absolute atomic E-state index is 0.0226. The van der Waals surface area contributed by atoms with E-state index in [4.69, 9.17) is 15.3 Å². The van der Waals surface area contributed by atoms with Crippen molar-refractivity contribution in [3.63, 3.8) is 0 Å². The van der Waals surface area contributed by atoms with Crippen LogP contribution in [-0.2, 0) is 16.0 Å². The number of carboxylic acids is 2. The molecule has 0 amide bonds. The van der Waals surface area contributed by atoms with Crippen molar-refractivity contribution >= 4 is 11.9 Å². The maximum Gasteiger partial charge on any atom is 0.335 e. The van der Waals surface area contributed by atoms with Gasteiger partial charge in [0, 0.05) is 12.5 Å². The lowest BCUT2D eigenvalue weighted by Crippen LogP contribution is -2.61. The van der Waals surface area contributed by atoms with Gasteiger partial charge in [0.1, 0.15) is 11.9 Å². The molecule has 6 N–H and O–H groups in total. The summed E-state index contributed by atoms with van der Waals surface area (Å²) in [7, 11) is 0. The first-order valence-corrected chi connectivity index (χ1v) is 6.77. The molecule has 0 bridgehead atoms. The first kappa shape index (κ1) is 21.8. The molecule has 0 radical (unpaired) electrons. The van der Waals surface area contributed by atoms with E-state index >= 15 is 0 Å².